The second kappa shape index (κ2) is 13.1. The number of amides is 1. The summed E-state index contributed by atoms with van der Waals surface area (Å²) in [6.45, 7) is 4.00. The number of aromatic nitrogens is 1. The van der Waals surface area contributed by atoms with E-state index in [1.54, 1.807) is 11.3 Å². The van der Waals surface area contributed by atoms with E-state index in [-0.39, 0.29) is 30.7 Å². The first-order valence-electron chi connectivity index (χ1n) is 8.12. The smallest absolute Gasteiger partial charge is 0.222 e. The van der Waals surface area contributed by atoms with Gasteiger partial charge in [0, 0.05) is 24.9 Å². The molecule has 2 N–H and O–H groups in total. The van der Waals surface area contributed by atoms with Crippen LogP contribution < -0.4 is 5.73 Å². The van der Waals surface area contributed by atoms with Crippen molar-refractivity contribution in [2.75, 3.05) is 13.1 Å². The lowest BCUT2D eigenvalue weighted by Gasteiger charge is -2.22. The minimum absolute atomic E-state index is 0. The predicted molar refractivity (Wildman–Crippen MR) is 110 cm³/mol. The fourth-order valence-electron chi connectivity index (χ4n) is 2.48. The second-order valence-corrected chi connectivity index (χ2v) is 6.72. The van der Waals surface area contributed by atoms with Crippen LogP contribution in [0.25, 0.3) is 0 Å². The molecule has 0 fully saturated rings. The number of carbonyl (C=O) groups is 1. The van der Waals surface area contributed by atoms with Crippen LogP contribution in [0.4, 0.5) is 0 Å². The van der Waals surface area contributed by atoms with Crippen LogP contribution >= 0.6 is 36.2 Å². The number of hydrogen-bond acceptors (Lipinski definition) is 4. The van der Waals surface area contributed by atoms with Crippen molar-refractivity contribution in [2.24, 2.45) is 5.73 Å². The molecule has 0 aliphatic heterocycles. The van der Waals surface area contributed by atoms with Crippen molar-refractivity contribution in [3.8, 4) is 0 Å². The molecule has 0 saturated carbocycles. The van der Waals surface area contributed by atoms with E-state index in [1.165, 1.54) is 0 Å². The summed E-state index contributed by atoms with van der Waals surface area (Å²) in [6.07, 6.45) is 3.11. The Morgan fingerprint density at radius 1 is 1.20 bits per heavy atom. The van der Waals surface area contributed by atoms with Crippen LogP contribution in [-0.4, -0.2) is 28.9 Å². The topological polar surface area (TPSA) is 59.2 Å². The number of halogens is 2. The molecule has 2 aromatic rings. The van der Waals surface area contributed by atoms with E-state index >= 15 is 0 Å². The fraction of sp³-hybridized carbons (Fsp3) is 0.444. The van der Waals surface area contributed by atoms with E-state index in [0.29, 0.717) is 19.5 Å². The number of nitrogens with two attached hydrogens (primary N) is 1. The van der Waals surface area contributed by atoms with Gasteiger partial charge in [0.1, 0.15) is 0 Å². The molecule has 7 heteroatoms. The van der Waals surface area contributed by atoms with Gasteiger partial charge >= 0.3 is 0 Å². The maximum atomic E-state index is 12.5. The molecule has 1 heterocycles. The summed E-state index contributed by atoms with van der Waals surface area (Å²) < 4.78 is 0. The van der Waals surface area contributed by atoms with Crippen LogP contribution in [0.15, 0.2) is 35.7 Å². The first kappa shape index (κ1) is 23.9. The van der Waals surface area contributed by atoms with Crippen molar-refractivity contribution in [2.45, 2.75) is 39.2 Å². The first-order valence-corrected chi connectivity index (χ1v) is 9.00. The van der Waals surface area contributed by atoms with Crippen molar-refractivity contribution in [3.05, 3.63) is 52.0 Å². The highest BCUT2D eigenvalue weighted by Gasteiger charge is 2.13. The predicted octanol–water partition coefficient (Wildman–Crippen LogP) is 4.00. The van der Waals surface area contributed by atoms with Gasteiger partial charge < -0.3 is 10.6 Å². The molecule has 1 aromatic heterocycles. The number of hydrogen-bond donors (Lipinski definition) is 1. The van der Waals surface area contributed by atoms with Gasteiger partial charge in [0.25, 0.3) is 0 Å². The average Bonchev–Trinajstić information content (AvgIpc) is 2.97. The molecule has 0 bridgehead atoms. The van der Waals surface area contributed by atoms with Gasteiger partial charge in [0.2, 0.25) is 5.91 Å². The van der Waals surface area contributed by atoms with Crippen LogP contribution in [0.5, 0.6) is 0 Å². The van der Waals surface area contributed by atoms with Gasteiger partial charge in [-0.2, -0.15) is 0 Å². The molecule has 25 heavy (non-hydrogen) atoms. The molecule has 0 atom stereocenters. The van der Waals surface area contributed by atoms with Crippen molar-refractivity contribution in [3.63, 3.8) is 0 Å². The van der Waals surface area contributed by atoms with Gasteiger partial charge in [-0.25, -0.2) is 4.98 Å². The lowest BCUT2D eigenvalue weighted by molar-refractivity contribution is -0.132. The van der Waals surface area contributed by atoms with Crippen molar-refractivity contribution < 1.29 is 4.79 Å². The van der Waals surface area contributed by atoms with Gasteiger partial charge in [0.15, 0.2) is 0 Å². The van der Waals surface area contributed by atoms with Crippen LogP contribution in [0.2, 0.25) is 0 Å². The Kier molecular flexibility index (Phi) is 12.5. The van der Waals surface area contributed by atoms with Gasteiger partial charge in [-0.1, -0.05) is 30.3 Å². The number of carbonyl (C=O) groups excluding carboxylic acids is 1. The zero-order chi connectivity index (χ0) is 16.5. The maximum absolute atomic E-state index is 12.5. The molecule has 2 rings (SSSR count). The highest BCUT2D eigenvalue weighted by Crippen LogP contribution is 2.12. The number of rotatable bonds is 9. The zero-order valence-electron chi connectivity index (χ0n) is 14.5. The van der Waals surface area contributed by atoms with Gasteiger partial charge in [-0.15, -0.1) is 36.2 Å². The first-order chi connectivity index (χ1) is 11.2. The Morgan fingerprint density at radius 3 is 2.52 bits per heavy atom. The van der Waals surface area contributed by atoms with Gasteiger partial charge in [-0.3, -0.25) is 4.79 Å². The summed E-state index contributed by atoms with van der Waals surface area (Å²) >= 11 is 1.66. The Labute approximate surface area is 166 Å². The van der Waals surface area contributed by atoms with E-state index < -0.39 is 0 Å². The van der Waals surface area contributed by atoms with Crippen LogP contribution in [0.1, 0.15) is 35.5 Å². The zero-order valence-corrected chi connectivity index (χ0v) is 17.0. The van der Waals surface area contributed by atoms with Gasteiger partial charge in [0.05, 0.1) is 10.7 Å². The van der Waals surface area contributed by atoms with Gasteiger partial charge in [-0.05, 0) is 38.3 Å². The summed E-state index contributed by atoms with van der Waals surface area (Å²) in [4.78, 5) is 18.9. The SMILES string of the molecule is Cc1nc(CCCC(=O)N(CCCN)Cc2ccccc2)cs1.Cl.Cl. The summed E-state index contributed by atoms with van der Waals surface area (Å²) in [7, 11) is 0. The summed E-state index contributed by atoms with van der Waals surface area (Å²) in [5, 5.41) is 3.16. The summed E-state index contributed by atoms with van der Waals surface area (Å²) in [6, 6.07) is 10.1. The summed E-state index contributed by atoms with van der Waals surface area (Å²) in [5.74, 6) is 0.203. The average molecular weight is 404 g/mol. The Morgan fingerprint density at radius 2 is 1.92 bits per heavy atom. The molecule has 0 radical (unpaired) electrons. The highest BCUT2D eigenvalue weighted by molar-refractivity contribution is 7.09. The van der Waals surface area contributed by atoms with Crippen molar-refractivity contribution in [1.82, 2.24) is 9.88 Å². The van der Waals surface area contributed by atoms with Crippen LogP contribution in [0, 0.1) is 6.92 Å². The number of benzene rings is 1. The monoisotopic (exact) mass is 403 g/mol. The van der Waals surface area contributed by atoms with E-state index in [4.69, 9.17) is 5.73 Å². The van der Waals surface area contributed by atoms with E-state index in [1.807, 2.05) is 30.0 Å². The highest BCUT2D eigenvalue weighted by atomic mass is 35.5. The fourth-order valence-corrected chi connectivity index (χ4v) is 3.13. The largest absolute Gasteiger partial charge is 0.338 e. The number of thiazole rings is 1. The lowest BCUT2D eigenvalue weighted by atomic mass is 10.1. The lowest BCUT2D eigenvalue weighted by Crippen LogP contribution is -2.32. The quantitative estimate of drug-likeness (QED) is 0.687. The molecule has 1 aromatic carbocycles. The molecule has 0 unspecified atom stereocenters. The Hall–Kier alpha value is -1.14. The van der Waals surface area contributed by atoms with E-state index in [2.05, 4.69) is 22.5 Å². The maximum Gasteiger partial charge on any atom is 0.222 e. The third-order valence-electron chi connectivity index (χ3n) is 3.69. The molecule has 4 nitrogen and oxygen atoms in total. The van der Waals surface area contributed by atoms with Crippen LogP contribution in [0.3, 0.4) is 0 Å². The minimum atomic E-state index is 0. The third kappa shape index (κ3) is 8.68. The molecule has 0 aliphatic rings. The van der Waals surface area contributed by atoms with Crippen LogP contribution in [-0.2, 0) is 17.8 Å². The van der Waals surface area contributed by atoms with Crippen molar-refractivity contribution >= 4 is 42.1 Å². The molecule has 0 aliphatic carbocycles. The Bertz CT molecular complexity index is 607. The molecular weight excluding hydrogens is 377 g/mol. The minimum Gasteiger partial charge on any atom is -0.338 e. The molecule has 1 amide bonds. The Balaban J connectivity index is 0.00000288. The number of nitrogens with zero attached hydrogens (tertiary/aromatic N) is 2. The van der Waals surface area contributed by atoms with E-state index in [9.17, 15) is 4.79 Å². The molecule has 140 valence electrons. The number of aryl methyl sites for hydroxylation is 2. The normalized spacial score (nSPS) is 9.84. The van der Waals surface area contributed by atoms with E-state index in [0.717, 1.165) is 42.1 Å². The van der Waals surface area contributed by atoms with Crippen molar-refractivity contribution in [1.29, 1.82) is 0 Å². The summed E-state index contributed by atoms with van der Waals surface area (Å²) in [5.41, 5.74) is 7.86. The molecular formula is C18H27Cl2N3OS. The molecule has 0 saturated heterocycles. The third-order valence-corrected chi connectivity index (χ3v) is 4.51. The standard InChI is InChI=1S/C18H25N3OS.2ClH/c1-15-20-17(14-23-15)9-5-10-18(22)21(12-6-11-19)13-16-7-3-2-4-8-16;;/h2-4,7-8,14H,5-6,9-13,19H2,1H3;2*1H. The second-order valence-electron chi connectivity index (χ2n) is 5.65. The molecule has 0 spiro atoms.